The molecule has 2 aromatic heterocycles. The maximum atomic E-state index is 13.0. The lowest BCUT2D eigenvalue weighted by molar-refractivity contribution is -0.0507. The first-order chi connectivity index (χ1) is 16.4. The molecular formula is C26H23F2N5O. The van der Waals surface area contributed by atoms with E-state index in [9.17, 15) is 8.78 Å². The Morgan fingerprint density at radius 2 is 1.71 bits per heavy atom. The van der Waals surface area contributed by atoms with Crippen LogP contribution < -0.4 is 15.8 Å². The van der Waals surface area contributed by atoms with Gasteiger partial charge in [-0.1, -0.05) is 24.3 Å². The average Bonchev–Trinajstić information content (AvgIpc) is 3.15. The fourth-order valence-corrected chi connectivity index (χ4v) is 4.83. The van der Waals surface area contributed by atoms with Gasteiger partial charge in [0.2, 0.25) is 0 Å². The number of benzene rings is 2. The van der Waals surface area contributed by atoms with Crippen LogP contribution in [0.4, 0.5) is 8.78 Å². The molecule has 3 N–H and O–H groups in total. The van der Waals surface area contributed by atoms with E-state index in [4.69, 9.17) is 10.5 Å². The Labute approximate surface area is 195 Å². The largest absolute Gasteiger partial charge is 0.434 e. The molecule has 0 spiro atoms. The number of fused-ring (bicyclic) bond motifs is 1. The first-order valence-electron chi connectivity index (χ1n) is 10.8. The standard InChI is InChI=1S/C26H23F2N5O/c1-15-9-20(10-16(2)23(15)34-25(27)28)26(21-7-4-8-32-22(21)24(29)33-26)19-6-3-5-17(11-19)18-12-30-14-31-13-18/h3-14,24-25,33H,29H2,1-2H3. The molecule has 172 valence electrons. The van der Waals surface area contributed by atoms with Gasteiger partial charge >= 0.3 is 6.61 Å². The maximum Gasteiger partial charge on any atom is 0.387 e. The number of alkyl halides is 2. The molecule has 2 atom stereocenters. The van der Waals surface area contributed by atoms with Crippen molar-refractivity contribution in [2.24, 2.45) is 5.73 Å². The highest BCUT2D eigenvalue weighted by Gasteiger charge is 2.46. The summed E-state index contributed by atoms with van der Waals surface area (Å²) >= 11 is 0. The number of pyridine rings is 1. The van der Waals surface area contributed by atoms with Crippen molar-refractivity contribution in [3.05, 3.63) is 107 Å². The Balaban J connectivity index is 1.76. The molecule has 0 saturated heterocycles. The molecule has 8 heteroatoms. The summed E-state index contributed by atoms with van der Waals surface area (Å²) in [6.45, 7) is 0.627. The fourth-order valence-electron chi connectivity index (χ4n) is 4.83. The third-order valence-electron chi connectivity index (χ3n) is 6.20. The Kier molecular flexibility index (Phi) is 5.55. The van der Waals surface area contributed by atoms with E-state index >= 15 is 0 Å². The van der Waals surface area contributed by atoms with Gasteiger partial charge < -0.3 is 10.5 Å². The van der Waals surface area contributed by atoms with Crippen LogP contribution in [0.3, 0.4) is 0 Å². The number of nitrogens with zero attached hydrogens (tertiary/aromatic N) is 3. The molecule has 4 aromatic rings. The van der Waals surface area contributed by atoms with Gasteiger partial charge in [0.25, 0.3) is 0 Å². The Hall–Kier alpha value is -3.75. The van der Waals surface area contributed by atoms with E-state index in [1.165, 1.54) is 6.33 Å². The third-order valence-corrected chi connectivity index (χ3v) is 6.20. The Morgan fingerprint density at radius 1 is 0.971 bits per heavy atom. The topological polar surface area (TPSA) is 86.0 Å². The monoisotopic (exact) mass is 459 g/mol. The summed E-state index contributed by atoms with van der Waals surface area (Å²) in [6, 6.07) is 15.6. The first-order valence-corrected chi connectivity index (χ1v) is 10.8. The quantitative estimate of drug-likeness (QED) is 0.453. The van der Waals surface area contributed by atoms with Crippen LogP contribution in [-0.2, 0) is 5.54 Å². The van der Waals surface area contributed by atoms with Crippen LogP contribution in [0.1, 0.15) is 39.7 Å². The minimum atomic E-state index is -2.90. The molecule has 0 amide bonds. The van der Waals surface area contributed by atoms with Crippen molar-refractivity contribution >= 4 is 0 Å². The summed E-state index contributed by atoms with van der Waals surface area (Å²) in [6.07, 6.45) is 6.20. The summed E-state index contributed by atoms with van der Waals surface area (Å²) < 4.78 is 30.8. The molecule has 0 aliphatic carbocycles. The molecule has 0 fully saturated rings. The number of nitrogens with one attached hydrogen (secondary N) is 1. The van der Waals surface area contributed by atoms with Gasteiger partial charge in [-0.25, -0.2) is 9.97 Å². The van der Waals surface area contributed by atoms with Crippen LogP contribution in [0, 0.1) is 13.8 Å². The van der Waals surface area contributed by atoms with Gasteiger partial charge in [0, 0.05) is 29.7 Å². The zero-order valence-corrected chi connectivity index (χ0v) is 18.7. The second-order valence-electron chi connectivity index (χ2n) is 8.33. The molecule has 34 heavy (non-hydrogen) atoms. The maximum absolute atomic E-state index is 13.0. The normalized spacial score (nSPS) is 19.3. The average molecular weight is 460 g/mol. The van der Waals surface area contributed by atoms with Gasteiger partial charge in [-0.3, -0.25) is 10.3 Å². The molecule has 2 unspecified atom stereocenters. The highest BCUT2D eigenvalue weighted by molar-refractivity contribution is 5.66. The van der Waals surface area contributed by atoms with E-state index in [0.29, 0.717) is 11.1 Å². The van der Waals surface area contributed by atoms with E-state index in [1.54, 1.807) is 32.4 Å². The van der Waals surface area contributed by atoms with Gasteiger partial charge in [0.15, 0.2) is 0 Å². The second kappa shape index (κ2) is 8.55. The number of aromatic nitrogens is 3. The lowest BCUT2D eigenvalue weighted by Gasteiger charge is -2.34. The number of rotatable bonds is 5. The van der Waals surface area contributed by atoms with Crippen LogP contribution in [0.15, 0.2) is 73.4 Å². The molecule has 1 aliphatic heterocycles. The minimum absolute atomic E-state index is 0.179. The molecule has 3 heterocycles. The van der Waals surface area contributed by atoms with Crippen molar-refractivity contribution in [3.63, 3.8) is 0 Å². The van der Waals surface area contributed by atoms with Crippen molar-refractivity contribution in [2.75, 3.05) is 0 Å². The zero-order chi connectivity index (χ0) is 23.9. The zero-order valence-electron chi connectivity index (χ0n) is 18.7. The Bertz CT molecular complexity index is 1330. The molecule has 5 rings (SSSR count). The summed E-state index contributed by atoms with van der Waals surface area (Å²) in [5.74, 6) is 0.179. The van der Waals surface area contributed by atoms with Gasteiger partial charge in [0.1, 0.15) is 18.2 Å². The Morgan fingerprint density at radius 3 is 2.41 bits per heavy atom. The number of nitrogens with two attached hydrogens (primary N) is 1. The van der Waals surface area contributed by atoms with Crippen molar-refractivity contribution in [1.29, 1.82) is 0 Å². The smallest absolute Gasteiger partial charge is 0.387 e. The van der Waals surface area contributed by atoms with Crippen LogP contribution >= 0.6 is 0 Å². The molecule has 2 aromatic carbocycles. The lowest BCUT2D eigenvalue weighted by atomic mass is 9.77. The van der Waals surface area contributed by atoms with Crippen molar-refractivity contribution in [2.45, 2.75) is 32.2 Å². The van der Waals surface area contributed by atoms with Crippen LogP contribution in [0.5, 0.6) is 5.75 Å². The number of ether oxygens (including phenoxy) is 1. The van der Waals surface area contributed by atoms with Gasteiger partial charge in [-0.2, -0.15) is 8.78 Å². The van der Waals surface area contributed by atoms with E-state index < -0.39 is 18.3 Å². The van der Waals surface area contributed by atoms with Crippen molar-refractivity contribution in [3.8, 4) is 16.9 Å². The van der Waals surface area contributed by atoms with Gasteiger partial charge in [-0.05, 0) is 65.9 Å². The number of halogens is 2. The molecule has 0 bridgehead atoms. The third kappa shape index (κ3) is 3.61. The van der Waals surface area contributed by atoms with Crippen LogP contribution in [0.2, 0.25) is 0 Å². The predicted molar refractivity (Wildman–Crippen MR) is 124 cm³/mol. The lowest BCUT2D eigenvalue weighted by Crippen LogP contribution is -2.42. The predicted octanol–water partition coefficient (Wildman–Crippen LogP) is 4.61. The molecule has 0 saturated carbocycles. The first kappa shape index (κ1) is 22.1. The molecule has 6 nitrogen and oxygen atoms in total. The van der Waals surface area contributed by atoms with Crippen molar-refractivity contribution < 1.29 is 13.5 Å². The van der Waals surface area contributed by atoms with Crippen molar-refractivity contribution in [1.82, 2.24) is 20.3 Å². The van der Waals surface area contributed by atoms with E-state index in [-0.39, 0.29) is 5.75 Å². The highest BCUT2D eigenvalue weighted by atomic mass is 19.3. The number of hydrogen-bond donors (Lipinski definition) is 2. The van der Waals surface area contributed by atoms with Crippen LogP contribution in [0.25, 0.3) is 11.1 Å². The summed E-state index contributed by atoms with van der Waals surface area (Å²) in [5, 5.41) is 3.55. The van der Waals surface area contributed by atoms with Gasteiger partial charge in [0.05, 0.1) is 11.2 Å². The number of hydrogen-bond acceptors (Lipinski definition) is 6. The minimum Gasteiger partial charge on any atom is -0.434 e. The van der Waals surface area contributed by atoms with E-state index in [1.807, 2.05) is 42.5 Å². The van der Waals surface area contributed by atoms with Crippen LogP contribution in [-0.4, -0.2) is 21.6 Å². The summed E-state index contributed by atoms with van der Waals surface area (Å²) in [5.41, 5.74) is 12.1. The molecule has 0 radical (unpaired) electrons. The SMILES string of the molecule is Cc1cc(C2(c3cccc(-c4cncnc4)c3)NC(N)c3ncccc32)cc(C)c1OC(F)F. The molecule has 1 aliphatic rings. The second-order valence-corrected chi connectivity index (χ2v) is 8.33. The van der Waals surface area contributed by atoms with E-state index in [0.717, 1.165) is 33.5 Å². The summed E-state index contributed by atoms with van der Waals surface area (Å²) in [7, 11) is 0. The number of aryl methyl sites for hydroxylation is 2. The van der Waals surface area contributed by atoms with Gasteiger partial charge in [-0.15, -0.1) is 0 Å². The molecular weight excluding hydrogens is 436 g/mol. The van der Waals surface area contributed by atoms with E-state index in [2.05, 4.69) is 26.3 Å². The fraction of sp³-hybridized carbons (Fsp3) is 0.192. The highest BCUT2D eigenvalue weighted by Crippen LogP contribution is 2.46. The summed E-state index contributed by atoms with van der Waals surface area (Å²) in [4.78, 5) is 12.8.